The minimum Gasteiger partial charge on any atom is -0.447 e. The zero-order valence-corrected chi connectivity index (χ0v) is 19.0. The molecular formula is C23H26F3N3O2S. The van der Waals surface area contributed by atoms with E-state index in [1.165, 1.54) is 12.3 Å². The Bertz CT molecular complexity index is 1050. The van der Waals surface area contributed by atoms with E-state index in [0.29, 0.717) is 18.0 Å². The first-order chi connectivity index (χ1) is 15.2. The highest BCUT2D eigenvalue weighted by Crippen LogP contribution is 2.30. The molecule has 0 radical (unpaired) electrons. The van der Waals surface area contributed by atoms with E-state index in [1.807, 2.05) is 37.1 Å². The van der Waals surface area contributed by atoms with Gasteiger partial charge in [-0.3, -0.25) is 9.69 Å². The molecule has 0 aliphatic carbocycles. The van der Waals surface area contributed by atoms with Crippen LogP contribution in [0.4, 0.5) is 13.2 Å². The lowest BCUT2D eigenvalue weighted by atomic mass is 10.1. The van der Waals surface area contributed by atoms with Gasteiger partial charge in [0.15, 0.2) is 5.69 Å². The second-order valence-corrected chi connectivity index (χ2v) is 8.78. The fourth-order valence-corrected chi connectivity index (χ4v) is 4.07. The molecular weight excluding hydrogens is 439 g/mol. The van der Waals surface area contributed by atoms with E-state index in [-0.39, 0.29) is 30.7 Å². The predicted octanol–water partition coefficient (Wildman–Crippen LogP) is 5.79. The maximum atomic E-state index is 13.1. The van der Waals surface area contributed by atoms with E-state index in [1.54, 1.807) is 17.4 Å². The van der Waals surface area contributed by atoms with Crippen LogP contribution in [0.2, 0.25) is 0 Å². The molecule has 0 fully saturated rings. The van der Waals surface area contributed by atoms with Gasteiger partial charge in [-0.05, 0) is 48.9 Å². The van der Waals surface area contributed by atoms with Gasteiger partial charge in [0, 0.05) is 24.0 Å². The first-order valence-corrected chi connectivity index (χ1v) is 11.2. The lowest BCUT2D eigenvalue weighted by molar-refractivity contribution is -0.137. The van der Waals surface area contributed by atoms with E-state index >= 15 is 0 Å². The second kappa shape index (κ2) is 10.3. The van der Waals surface area contributed by atoms with Gasteiger partial charge in [0.2, 0.25) is 5.89 Å². The van der Waals surface area contributed by atoms with Gasteiger partial charge in [0.1, 0.15) is 6.26 Å². The number of nitrogens with one attached hydrogen (secondary N) is 1. The first-order valence-electron chi connectivity index (χ1n) is 10.3. The molecule has 5 nitrogen and oxygen atoms in total. The average molecular weight is 466 g/mol. The van der Waals surface area contributed by atoms with Crippen molar-refractivity contribution in [1.82, 2.24) is 15.2 Å². The number of carbonyl (C=O) groups excluding carboxylic acids is 1. The highest BCUT2D eigenvalue weighted by Gasteiger charge is 2.30. The van der Waals surface area contributed by atoms with Crippen LogP contribution in [0.25, 0.3) is 0 Å². The van der Waals surface area contributed by atoms with Crippen LogP contribution in [0.1, 0.15) is 58.2 Å². The number of hydrogen-bond donors (Lipinski definition) is 1. The van der Waals surface area contributed by atoms with E-state index in [9.17, 15) is 18.0 Å². The van der Waals surface area contributed by atoms with Crippen molar-refractivity contribution >= 4 is 17.2 Å². The van der Waals surface area contributed by atoms with Crippen molar-refractivity contribution in [2.24, 2.45) is 0 Å². The van der Waals surface area contributed by atoms with Crippen molar-refractivity contribution in [1.29, 1.82) is 0 Å². The van der Waals surface area contributed by atoms with Crippen LogP contribution in [0.15, 0.2) is 46.4 Å². The number of alkyl halides is 3. The van der Waals surface area contributed by atoms with E-state index in [2.05, 4.69) is 10.3 Å². The Morgan fingerprint density at radius 1 is 1.25 bits per heavy atom. The number of nitrogens with zero attached hydrogens (tertiary/aromatic N) is 2. The number of rotatable bonds is 9. The molecule has 0 unspecified atom stereocenters. The van der Waals surface area contributed by atoms with Crippen molar-refractivity contribution in [2.45, 2.75) is 59.0 Å². The summed E-state index contributed by atoms with van der Waals surface area (Å²) in [5, 5.41) is 4.82. The Balaban J connectivity index is 1.78. The summed E-state index contributed by atoms with van der Waals surface area (Å²) in [4.78, 5) is 19.6. The summed E-state index contributed by atoms with van der Waals surface area (Å²) in [6.45, 7) is 6.92. The Labute approximate surface area is 189 Å². The minimum absolute atomic E-state index is 0.0156. The Morgan fingerprint density at radius 3 is 2.69 bits per heavy atom. The average Bonchev–Trinajstić information content (AvgIpc) is 3.36. The maximum absolute atomic E-state index is 13.1. The monoisotopic (exact) mass is 465 g/mol. The lowest BCUT2D eigenvalue weighted by Gasteiger charge is -2.21. The molecule has 0 saturated heterocycles. The van der Waals surface area contributed by atoms with E-state index in [4.69, 9.17) is 4.42 Å². The molecule has 2 heterocycles. The third-order valence-electron chi connectivity index (χ3n) is 5.13. The van der Waals surface area contributed by atoms with E-state index in [0.717, 1.165) is 29.0 Å². The van der Waals surface area contributed by atoms with Gasteiger partial charge in [0.25, 0.3) is 5.91 Å². The quantitative estimate of drug-likeness (QED) is 0.434. The van der Waals surface area contributed by atoms with Gasteiger partial charge in [-0.25, -0.2) is 4.98 Å². The number of halogens is 3. The van der Waals surface area contributed by atoms with Crippen LogP contribution in [0.3, 0.4) is 0 Å². The maximum Gasteiger partial charge on any atom is 0.416 e. The molecule has 1 amide bonds. The van der Waals surface area contributed by atoms with Crippen molar-refractivity contribution < 1.29 is 22.4 Å². The Hall–Kier alpha value is -2.65. The number of aryl methyl sites for hydroxylation is 1. The van der Waals surface area contributed by atoms with Gasteiger partial charge in [-0.2, -0.15) is 13.2 Å². The third kappa shape index (κ3) is 6.43. The summed E-state index contributed by atoms with van der Waals surface area (Å²) in [6.07, 6.45) is -2.29. The summed E-state index contributed by atoms with van der Waals surface area (Å²) < 4.78 is 44.9. The molecule has 9 heteroatoms. The lowest BCUT2D eigenvalue weighted by Crippen LogP contribution is -2.32. The number of carbonyl (C=O) groups is 1. The fraction of sp³-hybridized carbons (Fsp3) is 0.391. The van der Waals surface area contributed by atoms with Crippen molar-refractivity contribution in [3.8, 4) is 0 Å². The second-order valence-electron chi connectivity index (χ2n) is 7.78. The highest BCUT2D eigenvalue weighted by molar-refractivity contribution is 7.10. The number of hydrogen-bond acceptors (Lipinski definition) is 5. The summed E-state index contributed by atoms with van der Waals surface area (Å²) in [5.41, 5.74) is 1.16. The number of aromatic nitrogens is 1. The van der Waals surface area contributed by atoms with Gasteiger partial charge < -0.3 is 9.73 Å². The molecule has 2 aromatic heterocycles. The molecule has 1 atom stereocenters. The molecule has 1 aromatic carbocycles. The van der Waals surface area contributed by atoms with Gasteiger partial charge >= 0.3 is 6.18 Å². The molecule has 0 aliphatic rings. The van der Waals surface area contributed by atoms with Crippen molar-refractivity contribution in [3.63, 3.8) is 0 Å². The van der Waals surface area contributed by atoms with Gasteiger partial charge in [-0.15, -0.1) is 11.3 Å². The SMILES string of the molecule is CC[C@H](C)NC(=O)c1coc(CN(Cc2cccc(C(F)(F)F)c2)Cc2sccc2C)n1. The molecule has 1 N–H and O–H groups in total. The molecule has 0 bridgehead atoms. The smallest absolute Gasteiger partial charge is 0.416 e. The predicted molar refractivity (Wildman–Crippen MR) is 117 cm³/mol. The molecule has 172 valence electrons. The minimum atomic E-state index is -4.40. The zero-order valence-electron chi connectivity index (χ0n) is 18.2. The first kappa shape index (κ1) is 24.0. The number of benzene rings is 1. The van der Waals surface area contributed by atoms with E-state index < -0.39 is 11.7 Å². The number of oxazole rings is 1. The van der Waals surface area contributed by atoms with Gasteiger partial charge in [0.05, 0.1) is 12.1 Å². The number of thiophene rings is 1. The molecule has 0 aliphatic heterocycles. The van der Waals surface area contributed by atoms with Crippen LogP contribution in [0.5, 0.6) is 0 Å². The Morgan fingerprint density at radius 2 is 2.03 bits per heavy atom. The molecule has 3 aromatic rings. The molecule has 32 heavy (non-hydrogen) atoms. The van der Waals surface area contributed by atoms with Crippen LogP contribution >= 0.6 is 11.3 Å². The topological polar surface area (TPSA) is 58.4 Å². The normalized spacial score (nSPS) is 12.8. The largest absolute Gasteiger partial charge is 0.447 e. The molecule has 3 rings (SSSR count). The summed E-state index contributed by atoms with van der Waals surface area (Å²) in [7, 11) is 0. The summed E-state index contributed by atoms with van der Waals surface area (Å²) in [5.74, 6) is 0.0216. The molecule has 0 spiro atoms. The summed E-state index contributed by atoms with van der Waals surface area (Å²) in [6, 6.07) is 7.33. The summed E-state index contributed by atoms with van der Waals surface area (Å²) >= 11 is 1.59. The van der Waals surface area contributed by atoms with Crippen LogP contribution in [0, 0.1) is 6.92 Å². The fourth-order valence-electron chi connectivity index (χ4n) is 3.12. The number of amides is 1. The molecule has 0 saturated carbocycles. The standard InChI is InChI=1S/C23H26F3N3O2S/c1-4-16(3)27-22(30)19-14-31-21(28-19)13-29(12-20-15(2)8-9-32-20)11-17-6-5-7-18(10-17)23(24,25)26/h5-10,14,16H,4,11-13H2,1-3H3,(H,27,30)/t16-/m0/s1. The zero-order chi connectivity index (χ0) is 23.3. The van der Waals surface area contributed by atoms with Crippen LogP contribution in [-0.2, 0) is 25.8 Å². The van der Waals surface area contributed by atoms with Crippen LogP contribution < -0.4 is 5.32 Å². The van der Waals surface area contributed by atoms with Crippen molar-refractivity contribution in [3.05, 3.63) is 75.1 Å². The highest BCUT2D eigenvalue weighted by atomic mass is 32.1. The van der Waals surface area contributed by atoms with Crippen LogP contribution in [-0.4, -0.2) is 21.8 Å². The third-order valence-corrected chi connectivity index (χ3v) is 6.14. The van der Waals surface area contributed by atoms with Gasteiger partial charge in [-0.1, -0.05) is 25.1 Å². The Kier molecular flexibility index (Phi) is 7.73. The van der Waals surface area contributed by atoms with Crippen molar-refractivity contribution in [2.75, 3.05) is 0 Å².